The molecular weight excluding hydrogens is 568 g/mol. The molecule has 0 spiro atoms. The molecule has 10 nitrogen and oxygen atoms in total. The summed E-state index contributed by atoms with van der Waals surface area (Å²) >= 11 is 0. The van der Waals surface area contributed by atoms with Crippen molar-refractivity contribution in [3.63, 3.8) is 0 Å². The molecular formula is C34H44O10. The van der Waals surface area contributed by atoms with Gasteiger partial charge in [-0.25, -0.2) is 9.59 Å². The van der Waals surface area contributed by atoms with Crippen molar-refractivity contribution in [1.29, 1.82) is 0 Å². The van der Waals surface area contributed by atoms with E-state index in [0.29, 0.717) is 5.92 Å². The molecule has 1 aliphatic heterocycles. The Bertz CT molecular complexity index is 1360. The van der Waals surface area contributed by atoms with E-state index in [4.69, 9.17) is 9.15 Å². The van der Waals surface area contributed by atoms with Crippen LogP contribution in [0.2, 0.25) is 0 Å². The standard InChI is InChI=1S/C34H44O10/c1-5-21(2)16-23(4)18-24(33(40)41)17-22(3)14-12-10-8-6-7-9-11-13-15-25-19-26(36)28(34(42)43-25)32-31(39)30(38)29(37)27(20-35)44-32/h6-15,17-19,21,23,27,29-32,35-39H,5,16,20H2,1-4H3,(H,40,41)/b7-6+,10-8+,11-9+,14-12+,15-13+,22-17-,24-18-/t21?,23?,27-,29+,30+,31-,32+/m1/s1. The fourth-order valence-electron chi connectivity index (χ4n) is 4.59. The van der Waals surface area contributed by atoms with E-state index in [0.717, 1.165) is 24.5 Å². The summed E-state index contributed by atoms with van der Waals surface area (Å²) in [6.07, 6.45) is 14.9. The highest BCUT2D eigenvalue weighted by Crippen LogP contribution is 2.35. The third-order valence-electron chi connectivity index (χ3n) is 7.12. The first-order chi connectivity index (χ1) is 20.9. The van der Waals surface area contributed by atoms with E-state index < -0.39 is 60.0 Å². The molecule has 0 saturated carbocycles. The zero-order valence-electron chi connectivity index (χ0n) is 25.5. The number of aliphatic hydroxyl groups excluding tert-OH is 4. The highest BCUT2D eigenvalue weighted by atomic mass is 16.5. The number of hydrogen-bond donors (Lipinski definition) is 6. The molecule has 1 aromatic heterocycles. The van der Waals surface area contributed by atoms with Gasteiger partial charge in [-0.2, -0.15) is 0 Å². The summed E-state index contributed by atoms with van der Waals surface area (Å²) in [6.45, 7) is 7.49. The van der Waals surface area contributed by atoms with Crippen molar-refractivity contribution in [1.82, 2.24) is 0 Å². The van der Waals surface area contributed by atoms with Crippen LogP contribution in [0.1, 0.15) is 58.0 Å². The van der Waals surface area contributed by atoms with Crippen LogP contribution < -0.4 is 5.63 Å². The van der Waals surface area contributed by atoms with Gasteiger partial charge in [-0.3, -0.25) is 0 Å². The predicted octanol–water partition coefficient (Wildman–Crippen LogP) is 4.13. The van der Waals surface area contributed by atoms with Crippen molar-refractivity contribution in [3.05, 3.63) is 106 Å². The minimum atomic E-state index is -1.73. The van der Waals surface area contributed by atoms with Crippen LogP contribution in [0.15, 0.2) is 93.3 Å². The summed E-state index contributed by atoms with van der Waals surface area (Å²) in [6, 6.07) is 1.15. The molecule has 1 aromatic rings. The molecule has 7 atom stereocenters. The molecule has 44 heavy (non-hydrogen) atoms. The van der Waals surface area contributed by atoms with Gasteiger partial charge >= 0.3 is 11.6 Å². The van der Waals surface area contributed by atoms with Gasteiger partial charge in [0, 0.05) is 6.07 Å². The summed E-state index contributed by atoms with van der Waals surface area (Å²) in [7, 11) is 0. The Morgan fingerprint density at radius 1 is 0.977 bits per heavy atom. The number of aliphatic carboxylic acids is 1. The maximum atomic E-state index is 12.5. The van der Waals surface area contributed by atoms with Crippen LogP contribution in [0.5, 0.6) is 5.75 Å². The Hall–Kier alpha value is -3.80. The van der Waals surface area contributed by atoms with Crippen LogP contribution in [-0.2, 0) is 9.53 Å². The van der Waals surface area contributed by atoms with Gasteiger partial charge in [0.1, 0.15) is 47.6 Å². The number of ether oxygens (including phenoxy) is 1. The van der Waals surface area contributed by atoms with Gasteiger partial charge in [0.2, 0.25) is 0 Å². The average Bonchev–Trinajstić information content (AvgIpc) is 2.97. The van der Waals surface area contributed by atoms with E-state index in [2.05, 4.69) is 13.8 Å². The quantitative estimate of drug-likeness (QED) is 0.132. The fourth-order valence-corrected chi connectivity index (χ4v) is 4.59. The Balaban J connectivity index is 1.95. The molecule has 0 amide bonds. The Kier molecular flexibility index (Phi) is 15.0. The first-order valence-corrected chi connectivity index (χ1v) is 14.5. The predicted molar refractivity (Wildman–Crippen MR) is 168 cm³/mol. The molecule has 2 unspecified atom stereocenters. The summed E-state index contributed by atoms with van der Waals surface area (Å²) in [5.41, 5.74) is -0.349. The molecule has 0 aromatic carbocycles. The van der Waals surface area contributed by atoms with Gasteiger partial charge < -0.3 is 39.8 Å². The summed E-state index contributed by atoms with van der Waals surface area (Å²) in [4.78, 5) is 24.2. The van der Waals surface area contributed by atoms with Crippen molar-refractivity contribution in [2.45, 2.75) is 71.1 Å². The van der Waals surface area contributed by atoms with Gasteiger partial charge in [-0.05, 0) is 37.3 Å². The van der Waals surface area contributed by atoms with E-state index in [1.165, 1.54) is 6.08 Å². The number of carbonyl (C=O) groups is 1. The van der Waals surface area contributed by atoms with Gasteiger partial charge in [-0.1, -0.05) is 93.5 Å². The number of hydrogen-bond acceptors (Lipinski definition) is 9. The van der Waals surface area contributed by atoms with Crippen molar-refractivity contribution < 1.29 is 44.6 Å². The minimum absolute atomic E-state index is 0.0220. The number of allylic oxidation sites excluding steroid dienone is 11. The molecule has 2 rings (SSSR count). The summed E-state index contributed by atoms with van der Waals surface area (Å²) in [5.74, 6) is -0.751. The number of carboxylic acids is 1. The van der Waals surface area contributed by atoms with Crippen LogP contribution in [0.25, 0.3) is 6.08 Å². The third kappa shape index (κ3) is 11.0. The zero-order chi connectivity index (χ0) is 32.8. The van der Waals surface area contributed by atoms with E-state index in [9.17, 15) is 40.2 Å². The Labute approximate surface area is 257 Å². The van der Waals surface area contributed by atoms with Gasteiger partial charge in [0.25, 0.3) is 0 Å². The van der Waals surface area contributed by atoms with Crippen LogP contribution in [0.4, 0.5) is 0 Å². The number of carboxylic acid groups (broad SMARTS) is 1. The minimum Gasteiger partial charge on any atom is -0.507 e. The largest absolute Gasteiger partial charge is 0.507 e. The topological polar surface area (TPSA) is 178 Å². The Morgan fingerprint density at radius 3 is 2.16 bits per heavy atom. The van der Waals surface area contributed by atoms with Crippen LogP contribution >= 0.6 is 0 Å². The summed E-state index contributed by atoms with van der Waals surface area (Å²) < 4.78 is 10.5. The lowest BCUT2D eigenvalue weighted by atomic mass is 9.91. The summed E-state index contributed by atoms with van der Waals surface area (Å²) in [5, 5.41) is 59.4. The van der Waals surface area contributed by atoms with Crippen molar-refractivity contribution in [3.8, 4) is 5.75 Å². The molecule has 1 aliphatic rings. The number of aromatic hydroxyl groups is 1. The molecule has 2 heterocycles. The first-order valence-electron chi connectivity index (χ1n) is 14.5. The van der Waals surface area contributed by atoms with Crippen molar-refractivity contribution in [2.24, 2.45) is 11.8 Å². The smallest absolute Gasteiger partial charge is 0.345 e. The normalized spacial score (nSPS) is 25.2. The van der Waals surface area contributed by atoms with E-state index >= 15 is 0 Å². The highest BCUT2D eigenvalue weighted by molar-refractivity contribution is 5.90. The second-order valence-corrected chi connectivity index (χ2v) is 10.9. The SMILES string of the molecule is CCC(C)CC(C)/C=C(/C=C(C)\C=C\C=C\C=C\C=C\C=C\c1cc(O)c([C@@H]2O[C@H](CO)[C@H](O)[C@H](O)[C@H]2O)c(=O)o1)C(=O)O. The number of aliphatic hydroxyl groups is 4. The van der Waals surface area contributed by atoms with E-state index in [-0.39, 0.29) is 17.3 Å². The highest BCUT2D eigenvalue weighted by Gasteiger charge is 2.46. The second-order valence-electron chi connectivity index (χ2n) is 10.9. The number of rotatable bonds is 14. The van der Waals surface area contributed by atoms with Crippen molar-refractivity contribution in [2.75, 3.05) is 6.61 Å². The maximum Gasteiger partial charge on any atom is 0.345 e. The molecule has 0 radical (unpaired) electrons. The second kappa shape index (κ2) is 18.1. The third-order valence-corrected chi connectivity index (χ3v) is 7.12. The molecule has 1 saturated heterocycles. The van der Waals surface area contributed by atoms with E-state index in [1.807, 2.05) is 32.1 Å². The van der Waals surface area contributed by atoms with Gasteiger partial charge in [0.05, 0.1) is 12.2 Å². The Morgan fingerprint density at radius 2 is 1.59 bits per heavy atom. The molecule has 240 valence electrons. The lowest BCUT2D eigenvalue weighted by Gasteiger charge is -2.39. The molecule has 0 aliphatic carbocycles. The maximum absolute atomic E-state index is 12.5. The first kappa shape index (κ1) is 36.4. The van der Waals surface area contributed by atoms with Crippen LogP contribution in [-0.4, -0.2) is 67.6 Å². The lowest BCUT2D eigenvalue weighted by molar-refractivity contribution is -0.232. The van der Waals surface area contributed by atoms with Crippen LogP contribution in [0.3, 0.4) is 0 Å². The van der Waals surface area contributed by atoms with Gasteiger partial charge in [-0.15, -0.1) is 0 Å². The average molecular weight is 613 g/mol. The molecule has 0 bridgehead atoms. The van der Waals surface area contributed by atoms with Crippen LogP contribution in [0, 0.1) is 11.8 Å². The zero-order valence-corrected chi connectivity index (χ0v) is 25.5. The monoisotopic (exact) mass is 612 g/mol. The van der Waals surface area contributed by atoms with E-state index in [1.54, 1.807) is 48.6 Å². The molecule has 10 heteroatoms. The van der Waals surface area contributed by atoms with Gasteiger partial charge in [0.15, 0.2) is 0 Å². The lowest BCUT2D eigenvalue weighted by Crippen LogP contribution is -2.55. The fraction of sp³-hybridized carbons (Fsp3) is 0.412. The molecule has 6 N–H and O–H groups in total. The van der Waals surface area contributed by atoms with Crippen molar-refractivity contribution >= 4 is 12.0 Å². The molecule has 1 fully saturated rings.